The van der Waals surface area contributed by atoms with E-state index < -0.39 is 5.82 Å². The fourth-order valence-electron chi connectivity index (χ4n) is 2.22. The van der Waals surface area contributed by atoms with Gasteiger partial charge in [-0.1, -0.05) is 29.3 Å². The zero-order chi connectivity index (χ0) is 15.1. The van der Waals surface area contributed by atoms with Crippen molar-refractivity contribution in [1.29, 1.82) is 0 Å². The maximum atomic E-state index is 13.6. The largest absolute Gasteiger partial charge is 0.295 e. The first-order chi connectivity index (χ1) is 10.0. The number of aryl methyl sites for hydroxylation is 1. The molecule has 1 heterocycles. The van der Waals surface area contributed by atoms with Crippen LogP contribution in [0.3, 0.4) is 0 Å². The van der Waals surface area contributed by atoms with Crippen LogP contribution in [0.1, 0.15) is 11.4 Å². The number of nitrogens with zero attached hydrogens (tertiary/aromatic N) is 2. The van der Waals surface area contributed by atoms with E-state index in [0.29, 0.717) is 21.9 Å². The second kappa shape index (κ2) is 5.48. The Bertz CT molecular complexity index is 843. The molecule has 1 aromatic heterocycles. The Morgan fingerprint density at radius 2 is 1.90 bits per heavy atom. The Morgan fingerprint density at radius 3 is 2.57 bits per heavy atom. The van der Waals surface area contributed by atoms with Crippen molar-refractivity contribution < 1.29 is 4.39 Å². The Morgan fingerprint density at radius 1 is 1.14 bits per heavy atom. The van der Waals surface area contributed by atoms with Crippen LogP contribution in [0.15, 0.2) is 30.3 Å². The van der Waals surface area contributed by atoms with E-state index in [2.05, 4.69) is 4.98 Å². The first-order valence-corrected chi connectivity index (χ1v) is 7.49. The molecule has 2 aromatic carbocycles. The van der Waals surface area contributed by atoms with E-state index in [1.807, 2.05) is 29.7 Å². The third kappa shape index (κ3) is 2.50. The molecular formula is C15H10Cl3FN2. The van der Waals surface area contributed by atoms with E-state index in [4.69, 9.17) is 34.8 Å². The van der Waals surface area contributed by atoms with Gasteiger partial charge < -0.3 is 0 Å². The summed E-state index contributed by atoms with van der Waals surface area (Å²) in [5.74, 6) is 0.296. The van der Waals surface area contributed by atoms with Crippen LogP contribution >= 0.6 is 34.8 Å². The van der Waals surface area contributed by atoms with Gasteiger partial charge in [0.25, 0.3) is 0 Å². The van der Waals surface area contributed by atoms with Crippen LogP contribution in [0.25, 0.3) is 16.7 Å². The molecule has 2 nitrogen and oxygen atoms in total. The fraction of sp³-hybridized carbons (Fsp3) is 0.133. The van der Waals surface area contributed by atoms with Gasteiger partial charge in [-0.3, -0.25) is 4.57 Å². The summed E-state index contributed by atoms with van der Waals surface area (Å²) in [7, 11) is 0. The average Bonchev–Trinajstić information content (AvgIpc) is 2.80. The SMILES string of the molecule is Cc1ccc(-n2c(CCl)nc3cc(F)c(Cl)cc32)cc1Cl. The van der Waals surface area contributed by atoms with Gasteiger partial charge in [-0.25, -0.2) is 9.37 Å². The first kappa shape index (κ1) is 14.6. The number of hydrogen-bond acceptors (Lipinski definition) is 1. The lowest BCUT2D eigenvalue weighted by atomic mass is 10.2. The maximum Gasteiger partial charge on any atom is 0.144 e. The van der Waals surface area contributed by atoms with Gasteiger partial charge in [0.2, 0.25) is 0 Å². The molecule has 21 heavy (non-hydrogen) atoms. The Labute approximate surface area is 136 Å². The van der Waals surface area contributed by atoms with Crippen molar-refractivity contribution in [1.82, 2.24) is 9.55 Å². The van der Waals surface area contributed by atoms with E-state index in [0.717, 1.165) is 11.3 Å². The average molecular weight is 344 g/mol. The minimum atomic E-state index is -0.503. The summed E-state index contributed by atoms with van der Waals surface area (Å²) in [6.45, 7) is 1.92. The lowest BCUT2D eigenvalue weighted by Crippen LogP contribution is -1.99. The zero-order valence-electron chi connectivity index (χ0n) is 11.0. The summed E-state index contributed by atoms with van der Waals surface area (Å²) in [6.07, 6.45) is 0. The molecule has 0 N–H and O–H groups in total. The monoisotopic (exact) mass is 342 g/mol. The molecule has 0 bridgehead atoms. The summed E-state index contributed by atoms with van der Waals surface area (Å²) >= 11 is 18.0. The molecule has 0 aliphatic heterocycles. The van der Waals surface area contributed by atoms with E-state index in [-0.39, 0.29) is 10.9 Å². The van der Waals surface area contributed by atoms with Crippen LogP contribution in [0.2, 0.25) is 10.0 Å². The summed E-state index contributed by atoms with van der Waals surface area (Å²) in [5, 5.41) is 0.686. The highest BCUT2D eigenvalue weighted by Gasteiger charge is 2.15. The van der Waals surface area contributed by atoms with Gasteiger partial charge in [-0.15, -0.1) is 11.6 Å². The van der Waals surface area contributed by atoms with Gasteiger partial charge in [0, 0.05) is 16.8 Å². The number of benzene rings is 2. The van der Waals surface area contributed by atoms with Gasteiger partial charge in [0.05, 0.1) is 21.9 Å². The molecule has 0 spiro atoms. The highest BCUT2D eigenvalue weighted by Crippen LogP contribution is 2.29. The summed E-state index contributed by atoms with van der Waals surface area (Å²) in [6, 6.07) is 8.50. The molecule has 0 atom stereocenters. The number of hydrogen-bond donors (Lipinski definition) is 0. The molecule has 0 amide bonds. The highest BCUT2D eigenvalue weighted by molar-refractivity contribution is 6.32. The molecule has 3 aromatic rings. The molecule has 3 rings (SSSR count). The number of alkyl halides is 1. The molecule has 0 fully saturated rings. The van der Waals surface area contributed by atoms with Crippen molar-refractivity contribution in [3.63, 3.8) is 0 Å². The number of fused-ring (bicyclic) bond motifs is 1. The Hall–Kier alpha value is -1.29. The third-order valence-electron chi connectivity index (χ3n) is 3.30. The molecule has 0 saturated heterocycles. The second-order valence-electron chi connectivity index (χ2n) is 4.69. The third-order valence-corrected chi connectivity index (χ3v) is 4.24. The lowest BCUT2D eigenvalue weighted by Gasteiger charge is -2.09. The van der Waals surface area contributed by atoms with Crippen LogP contribution in [0.4, 0.5) is 4.39 Å². The van der Waals surface area contributed by atoms with Gasteiger partial charge in [-0.2, -0.15) is 0 Å². The quantitative estimate of drug-likeness (QED) is 0.560. The van der Waals surface area contributed by atoms with Crippen LogP contribution in [-0.4, -0.2) is 9.55 Å². The van der Waals surface area contributed by atoms with E-state index in [1.54, 1.807) is 6.07 Å². The van der Waals surface area contributed by atoms with Crippen molar-refractivity contribution in [3.8, 4) is 5.69 Å². The first-order valence-electron chi connectivity index (χ1n) is 6.20. The highest BCUT2D eigenvalue weighted by atomic mass is 35.5. The molecule has 0 radical (unpaired) electrons. The lowest BCUT2D eigenvalue weighted by molar-refractivity contribution is 0.630. The van der Waals surface area contributed by atoms with Crippen molar-refractivity contribution >= 4 is 45.8 Å². The normalized spacial score (nSPS) is 11.3. The molecule has 0 saturated carbocycles. The molecule has 0 unspecified atom stereocenters. The van der Waals surface area contributed by atoms with Gasteiger partial charge >= 0.3 is 0 Å². The maximum absolute atomic E-state index is 13.6. The van der Waals surface area contributed by atoms with E-state index in [9.17, 15) is 4.39 Å². The topological polar surface area (TPSA) is 17.8 Å². The van der Waals surface area contributed by atoms with Crippen LogP contribution in [0.5, 0.6) is 0 Å². The number of rotatable bonds is 2. The predicted octanol–water partition coefficient (Wildman–Crippen LogP) is 5.52. The number of aromatic nitrogens is 2. The standard InChI is InChI=1S/C15H10Cl3FN2/c1-8-2-3-9(4-10(8)17)21-14-5-11(18)12(19)6-13(14)20-15(21)7-16/h2-6H,7H2,1H3. The van der Waals surface area contributed by atoms with Crippen molar-refractivity contribution in [2.75, 3.05) is 0 Å². The summed E-state index contributed by atoms with van der Waals surface area (Å²) in [5.41, 5.74) is 2.98. The molecule has 0 aliphatic carbocycles. The van der Waals surface area contributed by atoms with E-state index in [1.165, 1.54) is 6.07 Å². The summed E-state index contributed by atoms with van der Waals surface area (Å²) in [4.78, 5) is 4.35. The Balaban J connectivity index is 2.34. The van der Waals surface area contributed by atoms with Crippen molar-refractivity contribution in [3.05, 3.63) is 57.6 Å². The van der Waals surface area contributed by atoms with Crippen molar-refractivity contribution in [2.24, 2.45) is 0 Å². The molecular weight excluding hydrogens is 334 g/mol. The van der Waals surface area contributed by atoms with Gasteiger partial charge in [-0.05, 0) is 30.7 Å². The zero-order valence-corrected chi connectivity index (χ0v) is 13.3. The minimum Gasteiger partial charge on any atom is -0.295 e. The molecule has 108 valence electrons. The number of halogens is 4. The van der Waals surface area contributed by atoms with Crippen LogP contribution in [-0.2, 0) is 5.88 Å². The predicted molar refractivity (Wildman–Crippen MR) is 85.3 cm³/mol. The van der Waals surface area contributed by atoms with Gasteiger partial charge in [0.15, 0.2) is 0 Å². The number of imidazole rings is 1. The fourth-order valence-corrected chi connectivity index (χ4v) is 2.73. The Kier molecular flexibility index (Phi) is 3.82. The minimum absolute atomic E-state index is 0.0444. The van der Waals surface area contributed by atoms with Crippen LogP contribution < -0.4 is 0 Å². The van der Waals surface area contributed by atoms with Crippen LogP contribution in [0, 0.1) is 12.7 Å². The summed E-state index contributed by atoms with van der Waals surface area (Å²) < 4.78 is 15.4. The molecule has 0 aliphatic rings. The second-order valence-corrected chi connectivity index (χ2v) is 5.77. The van der Waals surface area contributed by atoms with Crippen molar-refractivity contribution in [2.45, 2.75) is 12.8 Å². The van der Waals surface area contributed by atoms with Gasteiger partial charge in [0.1, 0.15) is 11.6 Å². The molecule has 6 heteroatoms. The smallest absolute Gasteiger partial charge is 0.144 e. The van der Waals surface area contributed by atoms with E-state index >= 15 is 0 Å².